The summed E-state index contributed by atoms with van der Waals surface area (Å²) in [5.41, 5.74) is 3.90. The van der Waals surface area contributed by atoms with Crippen molar-refractivity contribution < 1.29 is 14.3 Å². The van der Waals surface area contributed by atoms with Gasteiger partial charge in [-0.3, -0.25) is 15.1 Å². The Hall–Kier alpha value is -5.18. The molecule has 0 radical (unpaired) electrons. The zero-order valence-electron chi connectivity index (χ0n) is 25.1. The number of anilines is 2. The van der Waals surface area contributed by atoms with Crippen LogP contribution < -0.4 is 20.7 Å². The average molecular weight is 577 g/mol. The maximum absolute atomic E-state index is 13.3. The lowest BCUT2D eigenvalue weighted by Crippen LogP contribution is -2.24. The molecular weight excluding hydrogens is 540 g/mol. The van der Waals surface area contributed by atoms with Gasteiger partial charge in [0, 0.05) is 41.1 Å². The molecular formula is C34H36N6O3. The topological polar surface area (TPSA) is 110 Å². The van der Waals surface area contributed by atoms with E-state index in [2.05, 4.69) is 41.7 Å². The Morgan fingerprint density at radius 2 is 1.65 bits per heavy atom. The highest BCUT2D eigenvalue weighted by atomic mass is 16.5. The molecule has 0 saturated heterocycles. The van der Waals surface area contributed by atoms with Crippen LogP contribution in [0.4, 0.5) is 16.3 Å². The molecule has 0 unspecified atom stereocenters. The normalized spacial score (nSPS) is 11.3. The molecule has 2 aromatic heterocycles. The highest BCUT2D eigenvalue weighted by molar-refractivity contribution is 6.07. The van der Waals surface area contributed by atoms with Crippen molar-refractivity contribution in [3.8, 4) is 17.2 Å². The minimum absolute atomic E-state index is 0.0946. The number of aryl methyl sites for hydroxylation is 1. The smallest absolute Gasteiger partial charge is 0.324 e. The quantitative estimate of drug-likeness (QED) is 0.182. The first kappa shape index (κ1) is 29.3. The first-order valence-electron chi connectivity index (χ1n) is 14.3. The van der Waals surface area contributed by atoms with E-state index in [1.807, 2.05) is 80.6 Å². The molecule has 5 aromatic rings. The Labute approximate surface area is 251 Å². The number of fused-ring (bicyclic) bond motifs is 1. The number of carbonyl (C=O) groups is 2. The lowest BCUT2D eigenvalue weighted by molar-refractivity contribution is -0.120. The van der Waals surface area contributed by atoms with E-state index >= 15 is 0 Å². The van der Waals surface area contributed by atoms with Crippen LogP contribution in [-0.2, 0) is 16.6 Å². The van der Waals surface area contributed by atoms with Gasteiger partial charge in [-0.05, 0) is 44.2 Å². The van der Waals surface area contributed by atoms with E-state index in [-0.39, 0.29) is 17.7 Å². The van der Waals surface area contributed by atoms with Gasteiger partial charge >= 0.3 is 6.03 Å². The van der Waals surface area contributed by atoms with E-state index in [1.54, 1.807) is 23.0 Å². The molecule has 3 amide bonds. The number of nitrogens with zero attached hydrogens (tertiary/aromatic N) is 3. The second-order valence-electron chi connectivity index (χ2n) is 11.4. The number of nitrogens with one attached hydrogen (secondary N) is 3. The van der Waals surface area contributed by atoms with Gasteiger partial charge < -0.3 is 15.4 Å². The van der Waals surface area contributed by atoms with Crippen LogP contribution >= 0.6 is 0 Å². The molecule has 9 nitrogen and oxygen atoms in total. The SMILES string of the molecule is CCNC(=O)Cc1cc(Oc2ccc(NC(=O)Nc3cc(C(C)(C)C)nn3-c3ccc(C)cc3)c3ccccc23)ccn1. The van der Waals surface area contributed by atoms with Crippen molar-refractivity contribution in [2.75, 3.05) is 17.2 Å². The van der Waals surface area contributed by atoms with Crippen LogP contribution in [0.15, 0.2) is 85.1 Å². The Morgan fingerprint density at radius 3 is 2.37 bits per heavy atom. The van der Waals surface area contributed by atoms with E-state index in [9.17, 15) is 9.59 Å². The second-order valence-corrected chi connectivity index (χ2v) is 11.4. The molecule has 3 N–H and O–H groups in total. The van der Waals surface area contributed by atoms with Crippen LogP contribution in [-0.4, -0.2) is 33.2 Å². The number of rotatable bonds is 8. The first-order valence-corrected chi connectivity index (χ1v) is 14.3. The highest BCUT2D eigenvalue weighted by Crippen LogP contribution is 2.35. The maximum Gasteiger partial charge on any atom is 0.324 e. The highest BCUT2D eigenvalue weighted by Gasteiger charge is 2.22. The van der Waals surface area contributed by atoms with Gasteiger partial charge in [0.05, 0.1) is 29.2 Å². The molecule has 0 saturated carbocycles. The van der Waals surface area contributed by atoms with Crippen molar-refractivity contribution in [1.82, 2.24) is 20.1 Å². The molecule has 5 rings (SSSR count). The van der Waals surface area contributed by atoms with Gasteiger partial charge in [-0.25, -0.2) is 9.48 Å². The summed E-state index contributed by atoms with van der Waals surface area (Å²) < 4.78 is 7.98. The van der Waals surface area contributed by atoms with Crippen LogP contribution in [0.1, 0.15) is 44.6 Å². The van der Waals surface area contributed by atoms with Gasteiger partial charge in [-0.1, -0.05) is 62.7 Å². The third-order valence-corrected chi connectivity index (χ3v) is 6.86. The van der Waals surface area contributed by atoms with E-state index < -0.39 is 6.03 Å². The molecule has 0 aliphatic rings. The molecule has 220 valence electrons. The van der Waals surface area contributed by atoms with Crippen LogP contribution in [0.25, 0.3) is 16.5 Å². The third-order valence-electron chi connectivity index (χ3n) is 6.86. The fourth-order valence-electron chi connectivity index (χ4n) is 4.63. The summed E-state index contributed by atoms with van der Waals surface area (Å²) in [6, 6.07) is 24.3. The molecule has 3 aromatic carbocycles. The molecule has 0 bridgehead atoms. The fourth-order valence-corrected chi connectivity index (χ4v) is 4.63. The molecule has 0 spiro atoms. The van der Waals surface area contributed by atoms with E-state index in [0.29, 0.717) is 35.2 Å². The Kier molecular flexibility index (Phi) is 8.43. The monoisotopic (exact) mass is 576 g/mol. The summed E-state index contributed by atoms with van der Waals surface area (Å²) in [6.07, 6.45) is 1.79. The lowest BCUT2D eigenvalue weighted by Gasteiger charge is -2.14. The Morgan fingerprint density at radius 1 is 0.907 bits per heavy atom. The molecule has 0 fully saturated rings. The number of hydrogen-bond donors (Lipinski definition) is 3. The zero-order valence-corrected chi connectivity index (χ0v) is 25.1. The molecule has 0 aliphatic heterocycles. The zero-order chi connectivity index (χ0) is 30.6. The van der Waals surface area contributed by atoms with Crippen molar-refractivity contribution in [2.45, 2.75) is 46.5 Å². The number of ether oxygens (including phenoxy) is 1. The van der Waals surface area contributed by atoms with Crippen molar-refractivity contribution in [3.63, 3.8) is 0 Å². The van der Waals surface area contributed by atoms with Gasteiger partial charge in [0.15, 0.2) is 0 Å². The molecule has 2 heterocycles. The Bertz CT molecular complexity index is 1770. The maximum atomic E-state index is 13.3. The van der Waals surface area contributed by atoms with Gasteiger partial charge in [0.1, 0.15) is 17.3 Å². The predicted molar refractivity (Wildman–Crippen MR) is 170 cm³/mol. The number of likely N-dealkylation sites (N-methyl/N-ethyl adjacent to an activating group) is 1. The van der Waals surface area contributed by atoms with Crippen LogP contribution in [0.3, 0.4) is 0 Å². The average Bonchev–Trinajstić information content (AvgIpc) is 3.39. The molecule has 43 heavy (non-hydrogen) atoms. The molecule has 9 heteroatoms. The summed E-state index contributed by atoms with van der Waals surface area (Å²) in [5.74, 6) is 1.65. The van der Waals surface area contributed by atoms with E-state index in [1.165, 1.54) is 0 Å². The summed E-state index contributed by atoms with van der Waals surface area (Å²) in [6.45, 7) is 10.7. The lowest BCUT2D eigenvalue weighted by atomic mass is 9.92. The fraction of sp³-hybridized carbons (Fsp3) is 0.235. The van der Waals surface area contributed by atoms with E-state index in [4.69, 9.17) is 9.84 Å². The Balaban J connectivity index is 1.38. The van der Waals surface area contributed by atoms with Gasteiger partial charge in [-0.15, -0.1) is 0 Å². The van der Waals surface area contributed by atoms with Crippen LogP contribution in [0.5, 0.6) is 11.5 Å². The number of hydrogen-bond acceptors (Lipinski definition) is 5. The standard InChI is InChI=1S/C34H36N6O3/c1-6-35-32(41)20-23-19-25(17-18-36-23)43-29-16-15-28(26-9-7-8-10-27(26)29)37-33(42)38-31-21-30(34(3,4)5)39-40(31)24-13-11-22(2)12-14-24/h7-19,21H,6,20H2,1-5H3,(H,35,41)(H2,37,38,42). The largest absolute Gasteiger partial charge is 0.457 e. The van der Waals surface area contributed by atoms with Crippen LogP contribution in [0.2, 0.25) is 0 Å². The van der Waals surface area contributed by atoms with Crippen LogP contribution in [0, 0.1) is 6.92 Å². The minimum Gasteiger partial charge on any atom is -0.457 e. The third kappa shape index (κ3) is 7.01. The van der Waals surface area contributed by atoms with Crippen molar-refractivity contribution in [3.05, 3.63) is 102 Å². The van der Waals surface area contributed by atoms with Gasteiger partial charge in [0.25, 0.3) is 0 Å². The van der Waals surface area contributed by atoms with E-state index in [0.717, 1.165) is 27.7 Å². The number of carbonyl (C=O) groups excluding carboxylic acids is 2. The summed E-state index contributed by atoms with van der Waals surface area (Å²) in [7, 11) is 0. The predicted octanol–water partition coefficient (Wildman–Crippen LogP) is 7.14. The number of urea groups is 1. The summed E-state index contributed by atoms with van der Waals surface area (Å²) >= 11 is 0. The van der Waals surface area contributed by atoms with Crippen molar-refractivity contribution >= 4 is 34.2 Å². The summed E-state index contributed by atoms with van der Waals surface area (Å²) in [4.78, 5) is 29.6. The number of amides is 3. The number of benzene rings is 3. The number of pyridine rings is 1. The molecule has 0 aliphatic carbocycles. The van der Waals surface area contributed by atoms with Crippen molar-refractivity contribution in [1.29, 1.82) is 0 Å². The number of aromatic nitrogens is 3. The van der Waals surface area contributed by atoms with Gasteiger partial charge in [0.2, 0.25) is 5.91 Å². The summed E-state index contributed by atoms with van der Waals surface area (Å²) in [5, 5.41) is 15.2. The van der Waals surface area contributed by atoms with Crippen molar-refractivity contribution in [2.24, 2.45) is 0 Å². The molecule has 0 atom stereocenters. The van der Waals surface area contributed by atoms with Gasteiger partial charge in [-0.2, -0.15) is 5.10 Å². The first-order chi connectivity index (χ1) is 20.6. The minimum atomic E-state index is -0.392. The second kappa shape index (κ2) is 12.4.